The Hall–Kier alpha value is -2.52. The van der Waals surface area contributed by atoms with Crippen LogP contribution in [0.25, 0.3) is 26.3 Å². The van der Waals surface area contributed by atoms with Gasteiger partial charge in [-0.05, 0) is 61.9 Å². The molecule has 8 heteroatoms. The second kappa shape index (κ2) is 11.6. The number of imidazole rings is 1. The van der Waals surface area contributed by atoms with Crippen molar-refractivity contribution in [2.24, 2.45) is 5.73 Å². The van der Waals surface area contributed by atoms with Crippen molar-refractivity contribution in [3.63, 3.8) is 0 Å². The lowest BCUT2D eigenvalue weighted by Gasteiger charge is -2.06. The van der Waals surface area contributed by atoms with Crippen molar-refractivity contribution in [2.45, 2.75) is 25.7 Å². The molecular weight excluding hydrogens is 398 g/mol. The molecule has 0 aliphatic heterocycles. The molecule has 160 valence electrons. The summed E-state index contributed by atoms with van der Waals surface area (Å²) in [4.78, 5) is 5.62. The van der Waals surface area contributed by atoms with Gasteiger partial charge in [-0.15, -0.1) is 16.4 Å². The summed E-state index contributed by atoms with van der Waals surface area (Å²) in [5.41, 5.74) is 6.94. The topological polar surface area (TPSA) is 109 Å². The van der Waals surface area contributed by atoms with Gasteiger partial charge in [-0.25, -0.2) is 9.50 Å². The summed E-state index contributed by atoms with van der Waals surface area (Å²) in [5, 5.41) is 26.2. The van der Waals surface area contributed by atoms with E-state index in [1.807, 2.05) is 22.8 Å². The second-order valence-electron chi connectivity index (χ2n) is 6.86. The molecule has 3 aromatic heterocycles. The lowest BCUT2D eigenvalue weighted by Crippen LogP contribution is -2.06. The Bertz CT molecular complexity index is 1010. The zero-order valence-corrected chi connectivity index (χ0v) is 17.8. The highest BCUT2D eigenvalue weighted by atomic mass is 32.1. The molecule has 0 saturated heterocycles. The maximum atomic E-state index is 8.84. The van der Waals surface area contributed by atoms with E-state index in [1.165, 1.54) is 10.1 Å². The third kappa shape index (κ3) is 5.76. The average molecular weight is 428 g/mol. The number of nitrogens with one attached hydrogen (secondary N) is 1. The number of hydrogen-bond donors (Lipinski definition) is 4. The van der Waals surface area contributed by atoms with Gasteiger partial charge < -0.3 is 21.3 Å². The van der Waals surface area contributed by atoms with E-state index in [4.69, 9.17) is 15.9 Å². The smallest absolute Gasteiger partial charge is 0.154 e. The van der Waals surface area contributed by atoms with Crippen LogP contribution in [0.1, 0.15) is 25.7 Å². The molecule has 0 saturated carbocycles. The van der Waals surface area contributed by atoms with Gasteiger partial charge in [0, 0.05) is 24.5 Å². The van der Waals surface area contributed by atoms with E-state index in [2.05, 4.69) is 45.7 Å². The van der Waals surface area contributed by atoms with Crippen molar-refractivity contribution >= 4 is 32.9 Å². The minimum absolute atomic E-state index is 0.228. The van der Waals surface area contributed by atoms with Gasteiger partial charge in [0.2, 0.25) is 0 Å². The molecule has 0 spiro atoms. The number of benzene rings is 1. The Morgan fingerprint density at radius 3 is 2.53 bits per heavy atom. The fourth-order valence-corrected chi connectivity index (χ4v) is 4.01. The number of nitrogens with zero attached hydrogens (tertiary/aromatic N) is 3. The highest BCUT2D eigenvalue weighted by Crippen LogP contribution is 2.33. The Labute approximate surface area is 180 Å². The number of fused-ring (bicyclic) bond motifs is 2. The fourth-order valence-electron chi connectivity index (χ4n) is 2.95. The molecule has 0 radical (unpaired) electrons. The Morgan fingerprint density at radius 2 is 1.80 bits per heavy atom. The van der Waals surface area contributed by atoms with Crippen LogP contribution in [0.3, 0.4) is 0 Å². The van der Waals surface area contributed by atoms with E-state index in [1.54, 1.807) is 11.3 Å². The number of unbranched alkanes of at least 4 members (excludes halogenated alkanes) is 2. The van der Waals surface area contributed by atoms with E-state index in [-0.39, 0.29) is 13.2 Å². The van der Waals surface area contributed by atoms with Crippen molar-refractivity contribution in [3.8, 4) is 10.6 Å². The van der Waals surface area contributed by atoms with Gasteiger partial charge in [-0.1, -0.05) is 18.2 Å². The summed E-state index contributed by atoms with van der Waals surface area (Å²) in [6.07, 6.45) is 5.38. The predicted octanol–water partition coefficient (Wildman–Crippen LogP) is 3.51. The molecule has 3 heterocycles. The van der Waals surface area contributed by atoms with Crippen LogP contribution >= 0.6 is 11.3 Å². The van der Waals surface area contributed by atoms with Gasteiger partial charge in [-0.2, -0.15) is 0 Å². The van der Waals surface area contributed by atoms with E-state index in [9.17, 15) is 0 Å². The first kappa shape index (κ1) is 22.2. The number of anilines is 1. The molecule has 0 fully saturated rings. The number of aliphatic hydroxyl groups is 2. The van der Waals surface area contributed by atoms with Gasteiger partial charge in [0.05, 0.1) is 11.1 Å². The summed E-state index contributed by atoms with van der Waals surface area (Å²) in [7, 11) is 0. The first-order chi connectivity index (χ1) is 14.8. The SMILES string of the molecule is NCCCCO.OCCCCNc1ccc2ncc(-c3cc4ccccc4s3)n2n1. The Morgan fingerprint density at radius 1 is 1.00 bits per heavy atom. The van der Waals surface area contributed by atoms with Gasteiger partial charge >= 0.3 is 0 Å². The third-order valence-corrected chi connectivity index (χ3v) is 5.68. The minimum Gasteiger partial charge on any atom is -0.396 e. The standard InChI is InChI=1S/C18H18N4OS.C4H11NO/c23-10-4-3-9-19-17-7-8-18-20-12-14(22(18)21-17)16-11-13-5-1-2-6-15(13)24-16;5-3-1-2-4-6/h1-2,5-8,11-12,23H,3-4,9-10H2,(H,19,21);6H,1-5H2. The normalized spacial score (nSPS) is 10.9. The molecular formula is C22H29N5O2S. The molecule has 0 amide bonds. The van der Waals surface area contributed by atoms with E-state index in [0.717, 1.165) is 54.3 Å². The first-order valence-corrected chi connectivity index (χ1v) is 11.1. The number of rotatable bonds is 9. The van der Waals surface area contributed by atoms with Crippen LogP contribution in [-0.2, 0) is 0 Å². The van der Waals surface area contributed by atoms with Crippen LogP contribution in [0.2, 0.25) is 0 Å². The fraction of sp³-hybridized carbons (Fsp3) is 0.364. The molecule has 0 aliphatic rings. The molecule has 4 aromatic rings. The quantitative estimate of drug-likeness (QED) is 0.304. The maximum Gasteiger partial charge on any atom is 0.154 e. The lowest BCUT2D eigenvalue weighted by molar-refractivity contribution is 0.285. The highest BCUT2D eigenvalue weighted by Gasteiger charge is 2.11. The first-order valence-electron chi connectivity index (χ1n) is 10.3. The zero-order valence-electron chi connectivity index (χ0n) is 17.0. The summed E-state index contributed by atoms with van der Waals surface area (Å²) in [5.74, 6) is 0.820. The van der Waals surface area contributed by atoms with Crippen molar-refractivity contribution in [2.75, 3.05) is 31.6 Å². The van der Waals surface area contributed by atoms with Crippen molar-refractivity contribution in [1.82, 2.24) is 14.6 Å². The van der Waals surface area contributed by atoms with Crippen LogP contribution in [0.5, 0.6) is 0 Å². The summed E-state index contributed by atoms with van der Waals surface area (Å²) < 4.78 is 3.15. The van der Waals surface area contributed by atoms with Crippen LogP contribution in [0.15, 0.2) is 48.7 Å². The minimum atomic E-state index is 0.228. The lowest BCUT2D eigenvalue weighted by atomic mass is 10.2. The highest BCUT2D eigenvalue weighted by molar-refractivity contribution is 7.22. The maximum absolute atomic E-state index is 8.84. The largest absolute Gasteiger partial charge is 0.396 e. The molecule has 7 nitrogen and oxygen atoms in total. The number of aromatic nitrogens is 3. The average Bonchev–Trinajstić information content (AvgIpc) is 3.39. The summed E-state index contributed by atoms with van der Waals surface area (Å²) in [6, 6.07) is 14.5. The number of hydrogen-bond acceptors (Lipinski definition) is 7. The van der Waals surface area contributed by atoms with Crippen LogP contribution in [0, 0.1) is 0 Å². The van der Waals surface area contributed by atoms with Crippen LogP contribution in [0.4, 0.5) is 5.82 Å². The number of nitrogens with two attached hydrogens (primary N) is 1. The predicted molar refractivity (Wildman–Crippen MR) is 124 cm³/mol. The van der Waals surface area contributed by atoms with Gasteiger partial charge in [0.1, 0.15) is 11.5 Å². The molecule has 0 bridgehead atoms. The monoisotopic (exact) mass is 427 g/mol. The molecule has 0 atom stereocenters. The van der Waals surface area contributed by atoms with E-state index in [0.29, 0.717) is 6.54 Å². The summed E-state index contributed by atoms with van der Waals surface area (Å²) in [6.45, 7) is 2.00. The van der Waals surface area contributed by atoms with Gasteiger partial charge in [0.25, 0.3) is 0 Å². The van der Waals surface area contributed by atoms with Gasteiger partial charge in [0.15, 0.2) is 5.65 Å². The zero-order chi connectivity index (χ0) is 21.2. The molecule has 1 aromatic carbocycles. The third-order valence-electron chi connectivity index (χ3n) is 4.54. The van der Waals surface area contributed by atoms with Crippen molar-refractivity contribution < 1.29 is 10.2 Å². The molecule has 0 aliphatic carbocycles. The second-order valence-corrected chi connectivity index (χ2v) is 7.94. The van der Waals surface area contributed by atoms with E-state index < -0.39 is 0 Å². The van der Waals surface area contributed by atoms with Crippen molar-refractivity contribution in [3.05, 3.63) is 48.7 Å². The Kier molecular flexibility index (Phi) is 8.58. The van der Waals surface area contributed by atoms with Crippen LogP contribution in [-0.4, -0.2) is 51.1 Å². The number of aliphatic hydroxyl groups excluding tert-OH is 2. The molecule has 4 rings (SSSR count). The van der Waals surface area contributed by atoms with Crippen LogP contribution < -0.4 is 11.1 Å². The molecule has 0 unspecified atom stereocenters. The Balaban J connectivity index is 0.000000377. The van der Waals surface area contributed by atoms with Crippen molar-refractivity contribution in [1.29, 1.82) is 0 Å². The van der Waals surface area contributed by atoms with Gasteiger partial charge in [-0.3, -0.25) is 0 Å². The molecule has 5 N–H and O–H groups in total. The number of thiophene rings is 1. The summed E-state index contributed by atoms with van der Waals surface area (Å²) >= 11 is 1.75. The van der Waals surface area contributed by atoms with E-state index >= 15 is 0 Å². The molecule has 30 heavy (non-hydrogen) atoms.